The lowest BCUT2D eigenvalue weighted by Crippen LogP contribution is -2.45. The Bertz CT molecular complexity index is 222. The molecule has 1 heterocycles. The van der Waals surface area contributed by atoms with E-state index in [1.165, 1.54) is 0 Å². The molecular weight excluding hydrogens is 208 g/mol. The Morgan fingerprint density at radius 1 is 1.31 bits per heavy atom. The third-order valence-corrected chi connectivity index (χ3v) is 2.73. The maximum atomic E-state index is 11.5. The fourth-order valence-electron chi connectivity index (χ4n) is 1.84. The van der Waals surface area contributed by atoms with Crippen LogP contribution in [0.4, 0.5) is 4.79 Å². The molecule has 0 aliphatic carbocycles. The second-order valence-electron chi connectivity index (χ2n) is 3.85. The molecule has 0 aromatic carbocycles. The van der Waals surface area contributed by atoms with E-state index in [2.05, 4.69) is 5.32 Å². The molecule has 1 N–H and O–H groups in total. The van der Waals surface area contributed by atoms with Crippen molar-refractivity contribution in [1.29, 1.82) is 0 Å². The molecule has 0 radical (unpaired) electrons. The molecule has 16 heavy (non-hydrogen) atoms. The number of amides is 2. The normalized spacial score (nSPS) is 17.0. The lowest BCUT2D eigenvalue weighted by Gasteiger charge is -2.30. The summed E-state index contributed by atoms with van der Waals surface area (Å²) in [6, 6.07) is -0.0372. The van der Waals surface area contributed by atoms with Crippen molar-refractivity contribution in [2.24, 2.45) is 5.92 Å². The quantitative estimate of drug-likeness (QED) is 0.733. The zero-order chi connectivity index (χ0) is 12.0. The average Bonchev–Trinajstić information content (AvgIpc) is 2.30. The summed E-state index contributed by atoms with van der Waals surface area (Å²) < 4.78 is 4.97. The summed E-state index contributed by atoms with van der Waals surface area (Å²) in [5, 5.41) is 2.76. The molecule has 0 spiro atoms. The summed E-state index contributed by atoms with van der Waals surface area (Å²) in [6.45, 7) is 6.03. The Balaban J connectivity index is 2.33. The van der Waals surface area contributed by atoms with Crippen molar-refractivity contribution < 1.29 is 14.3 Å². The molecule has 5 heteroatoms. The molecule has 1 aliphatic heterocycles. The predicted molar refractivity (Wildman–Crippen MR) is 60.0 cm³/mol. The van der Waals surface area contributed by atoms with Crippen LogP contribution in [0.15, 0.2) is 0 Å². The van der Waals surface area contributed by atoms with Crippen molar-refractivity contribution >= 4 is 12.0 Å². The fourth-order valence-corrected chi connectivity index (χ4v) is 1.84. The van der Waals surface area contributed by atoms with Gasteiger partial charge in [-0.25, -0.2) is 4.79 Å². The lowest BCUT2D eigenvalue weighted by molar-refractivity contribution is -0.149. The predicted octanol–water partition coefficient (Wildman–Crippen LogP) is 0.991. The van der Waals surface area contributed by atoms with E-state index in [4.69, 9.17) is 4.74 Å². The van der Waals surface area contributed by atoms with Crippen molar-refractivity contribution in [1.82, 2.24) is 10.2 Å². The van der Waals surface area contributed by atoms with Gasteiger partial charge in [-0.1, -0.05) is 0 Å². The molecule has 0 atom stereocenters. The van der Waals surface area contributed by atoms with E-state index in [1.54, 1.807) is 4.90 Å². The summed E-state index contributed by atoms with van der Waals surface area (Å²) >= 11 is 0. The highest BCUT2D eigenvalue weighted by molar-refractivity contribution is 5.75. The first-order valence-electron chi connectivity index (χ1n) is 5.88. The van der Waals surface area contributed by atoms with Crippen LogP contribution in [0.5, 0.6) is 0 Å². The first kappa shape index (κ1) is 12.8. The summed E-state index contributed by atoms with van der Waals surface area (Å²) in [6.07, 6.45) is 1.41. The number of carbonyl (C=O) groups is 2. The highest BCUT2D eigenvalue weighted by Gasteiger charge is 2.27. The number of nitrogens with one attached hydrogen (secondary N) is 1. The molecule has 92 valence electrons. The second-order valence-corrected chi connectivity index (χ2v) is 3.85. The molecule has 0 aromatic rings. The first-order chi connectivity index (χ1) is 7.69. The number of esters is 1. The van der Waals surface area contributed by atoms with Crippen molar-refractivity contribution in [2.75, 3.05) is 26.2 Å². The summed E-state index contributed by atoms with van der Waals surface area (Å²) in [7, 11) is 0. The second kappa shape index (κ2) is 6.35. The summed E-state index contributed by atoms with van der Waals surface area (Å²) in [5.74, 6) is -0.163. The number of nitrogens with zero attached hydrogens (tertiary/aromatic N) is 1. The Kier molecular flexibility index (Phi) is 5.08. The van der Waals surface area contributed by atoms with Gasteiger partial charge in [0, 0.05) is 19.6 Å². The van der Waals surface area contributed by atoms with Crippen LogP contribution in [0.1, 0.15) is 26.7 Å². The highest BCUT2D eigenvalue weighted by Crippen LogP contribution is 2.18. The first-order valence-corrected chi connectivity index (χ1v) is 5.88. The molecule has 5 nitrogen and oxygen atoms in total. The summed E-state index contributed by atoms with van der Waals surface area (Å²) in [4.78, 5) is 24.7. The summed E-state index contributed by atoms with van der Waals surface area (Å²) in [5.41, 5.74) is 0. The standard InChI is InChI=1S/C11H20N2O3/c1-3-12-11(15)13-7-5-9(6-8-13)10(14)16-4-2/h9H,3-8H2,1-2H3,(H,12,15). The van der Waals surface area contributed by atoms with Crippen LogP contribution in [0.25, 0.3) is 0 Å². The molecular formula is C11H20N2O3. The molecule has 1 aliphatic rings. The number of urea groups is 1. The van der Waals surface area contributed by atoms with Gasteiger partial charge in [0.15, 0.2) is 0 Å². The van der Waals surface area contributed by atoms with Gasteiger partial charge in [-0.3, -0.25) is 4.79 Å². The third kappa shape index (κ3) is 3.40. The van der Waals surface area contributed by atoms with Crippen LogP contribution >= 0.6 is 0 Å². The van der Waals surface area contributed by atoms with Gasteiger partial charge < -0.3 is 15.0 Å². The smallest absolute Gasteiger partial charge is 0.317 e. The molecule has 0 aromatic heterocycles. The van der Waals surface area contributed by atoms with E-state index >= 15 is 0 Å². The molecule has 0 unspecified atom stereocenters. The Hall–Kier alpha value is -1.26. The van der Waals surface area contributed by atoms with E-state index in [1.807, 2.05) is 13.8 Å². The highest BCUT2D eigenvalue weighted by atomic mass is 16.5. The number of hydrogen-bond donors (Lipinski definition) is 1. The largest absolute Gasteiger partial charge is 0.466 e. The Labute approximate surface area is 96.1 Å². The van der Waals surface area contributed by atoms with Gasteiger partial charge in [0.25, 0.3) is 0 Å². The van der Waals surface area contributed by atoms with Crippen molar-refractivity contribution in [3.05, 3.63) is 0 Å². The number of ether oxygens (including phenoxy) is 1. The minimum Gasteiger partial charge on any atom is -0.466 e. The van der Waals surface area contributed by atoms with E-state index in [0.29, 0.717) is 39.1 Å². The topological polar surface area (TPSA) is 58.6 Å². The third-order valence-electron chi connectivity index (χ3n) is 2.73. The zero-order valence-corrected chi connectivity index (χ0v) is 9.99. The maximum Gasteiger partial charge on any atom is 0.317 e. The SMILES string of the molecule is CCNC(=O)N1CCC(C(=O)OCC)CC1. The fraction of sp³-hybridized carbons (Fsp3) is 0.818. The van der Waals surface area contributed by atoms with Crippen molar-refractivity contribution in [3.63, 3.8) is 0 Å². The van der Waals surface area contributed by atoms with Crippen LogP contribution in [0, 0.1) is 5.92 Å². The Morgan fingerprint density at radius 2 is 1.94 bits per heavy atom. The molecule has 1 saturated heterocycles. The zero-order valence-electron chi connectivity index (χ0n) is 9.99. The molecule has 1 fully saturated rings. The van der Waals surface area contributed by atoms with E-state index < -0.39 is 0 Å². The minimum absolute atomic E-state index is 0.0365. The van der Waals surface area contributed by atoms with E-state index in [-0.39, 0.29) is 17.9 Å². The van der Waals surface area contributed by atoms with Crippen LogP contribution in [0.2, 0.25) is 0 Å². The Morgan fingerprint density at radius 3 is 2.44 bits per heavy atom. The number of piperidine rings is 1. The van der Waals surface area contributed by atoms with E-state index in [9.17, 15) is 9.59 Å². The number of rotatable bonds is 3. The van der Waals surface area contributed by atoms with E-state index in [0.717, 1.165) is 0 Å². The molecule has 2 amide bonds. The average molecular weight is 228 g/mol. The molecule has 0 saturated carbocycles. The molecule has 1 rings (SSSR count). The van der Waals surface area contributed by atoms with Crippen LogP contribution < -0.4 is 5.32 Å². The van der Waals surface area contributed by atoms with Crippen molar-refractivity contribution in [2.45, 2.75) is 26.7 Å². The van der Waals surface area contributed by atoms with Gasteiger partial charge in [0.2, 0.25) is 0 Å². The van der Waals surface area contributed by atoms with Gasteiger partial charge in [0.1, 0.15) is 0 Å². The monoisotopic (exact) mass is 228 g/mol. The number of hydrogen-bond acceptors (Lipinski definition) is 3. The van der Waals surface area contributed by atoms with Gasteiger partial charge in [-0.2, -0.15) is 0 Å². The van der Waals surface area contributed by atoms with Crippen LogP contribution in [0.3, 0.4) is 0 Å². The number of likely N-dealkylation sites (tertiary alicyclic amines) is 1. The minimum atomic E-state index is -0.127. The van der Waals surface area contributed by atoms with Gasteiger partial charge in [-0.15, -0.1) is 0 Å². The van der Waals surface area contributed by atoms with Gasteiger partial charge in [-0.05, 0) is 26.7 Å². The lowest BCUT2D eigenvalue weighted by atomic mass is 9.97. The maximum absolute atomic E-state index is 11.5. The van der Waals surface area contributed by atoms with Crippen molar-refractivity contribution in [3.8, 4) is 0 Å². The van der Waals surface area contributed by atoms with Gasteiger partial charge in [0.05, 0.1) is 12.5 Å². The molecule has 0 bridgehead atoms. The van der Waals surface area contributed by atoms with Crippen LogP contribution in [-0.2, 0) is 9.53 Å². The number of carbonyl (C=O) groups excluding carboxylic acids is 2. The van der Waals surface area contributed by atoms with Gasteiger partial charge >= 0.3 is 12.0 Å². The van der Waals surface area contributed by atoms with Crippen LogP contribution in [-0.4, -0.2) is 43.1 Å².